The highest BCUT2D eigenvalue weighted by molar-refractivity contribution is 7.98. The topological polar surface area (TPSA) is 92.0 Å². The standard InChI is InChI=1S/C15H21ClN6S/c16-13-4-2-5-19-14(13)10-23-8-7-21-15(17)20-6-1-3-12-9-18-11-22-12/h2,4-5,9,11H,1,3,6-8,10H2,(H,18,22)(H3,17,20,21). The number of aliphatic imine (C=N–C) groups is 1. The first-order valence-corrected chi connectivity index (χ1v) is 8.97. The van der Waals surface area contributed by atoms with E-state index in [2.05, 4.69) is 25.3 Å². The fourth-order valence-corrected chi connectivity index (χ4v) is 2.97. The van der Waals surface area contributed by atoms with E-state index in [4.69, 9.17) is 17.3 Å². The number of hydrogen-bond acceptors (Lipinski definition) is 4. The van der Waals surface area contributed by atoms with Gasteiger partial charge in [-0.25, -0.2) is 4.98 Å². The number of imidazole rings is 1. The van der Waals surface area contributed by atoms with Crippen LogP contribution in [0.2, 0.25) is 5.02 Å². The van der Waals surface area contributed by atoms with Crippen LogP contribution in [0, 0.1) is 0 Å². The zero-order valence-electron chi connectivity index (χ0n) is 12.8. The van der Waals surface area contributed by atoms with Gasteiger partial charge in [0.25, 0.3) is 0 Å². The second kappa shape index (κ2) is 10.1. The number of pyridine rings is 1. The molecular formula is C15H21ClN6S. The SMILES string of the molecule is NC(=NCCCc1cnc[nH]1)NCCSCc1ncccc1Cl. The molecule has 8 heteroatoms. The number of nitrogens with zero attached hydrogens (tertiary/aromatic N) is 3. The van der Waals surface area contributed by atoms with Gasteiger partial charge in [-0.05, 0) is 25.0 Å². The molecule has 2 rings (SSSR count). The van der Waals surface area contributed by atoms with E-state index in [-0.39, 0.29) is 0 Å². The molecule has 0 amide bonds. The van der Waals surface area contributed by atoms with E-state index in [1.165, 1.54) is 0 Å². The van der Waals surface area contributed by atoms with Gasteiger partial charge >= 0.3 is 0 Å². The van der Waals surface area contributed by atoms with Crippen molar-refractivity contribution in [1.29, 1.82) is 0 Å². The lowest BCUT2D eigenvalue weighted by Gasteiger charge is -2.06. The van der Waals surface area contributed by atoms with Gasteiger partial charge in [0.1, 0.15) is 0 Å². The molecule has 6 nitrogen and oxygen atoms in total. The first kappa shape index (κ1) is 17.6. The Labute approximate surface area is 145 Å². The molecule has 0 fully saturated rings. The normalized spacial score (nSPS) is 11.6. The van der Waals surface area contributed by atoms with Crippen LogP contribution in [-0.4, -0.2) is 39.8 Å². The molecule has 2 aromatic rings. The summed E-state index contributed by atoms with van der Waals surface area (Å²) in [7, 11) is 0. The van der Waals surface area contributed by atoms with Crippen LogP contribution in [0.1, 0.15) is 17.8 Å². The number of nitrogens with one attached hydrogen (secondary N) is 2. The summed E-state index contributed by atoms with van der Waals surface area (Å²) in [5, 5.41) is 3.82. The number of nitrogens with two attached hydrogens (primary N) is 1. The van der Waals surface area contributed by atoms with Crippen LogP contribution in [-0.2, 0) is 12.2 Å². The number of aromatic amines is 1. The molecule has 4 N–H and O–H groups in total. The molecule has 0 saturated carbocycles. The molecule has 0 spiro atoms. The van der Waals surface area contributed by atoms with E-state index < -0.39 is 0 Å². The second-order valence-electron chi connectivity index (χ2n) is 4.86. The van der Waals surface area contributed by atoms with Crippen molar-refractivity contribution >= 4 is 29.3 Å². The lowest BCUT2D eigenvalue weighted by Crippen LogP contribution is -2.33. The molecule has 0 unspecified atom stereocenters. The summed E-state index contributed by atoms with van der Waals surface area (Å²) in [5.74, 6) is 2.20. The van der Waals surface area contributed by atoms with Crippen molar-refractivity contribution in [2.24, 2.45) is 10.7 Å². The van der Waals surface area contributed by atoms with Gasteiger partial charge in [0, 0.05) is 42.7 Å². The summed E-state index contributed by atoms with van der Waals surface area (Å²) < 4.78 is 0. The van der Waals surface area contributed by atoms with Crippen molar-refractivity contribution in [2.75, 3.05) is 18.8 Å². The maximum absolute atomic E-state index is 6.06. The molecule has 0 aliphatic heterocycles. The van der Waals surface area contributed by atoms with Crippen LogP contribution in [0.3, 0.4) is 0 Å². The zero-order valence-corrected chi connectivity index (χ0v) is 14.4. The monoisotopic (exact) mass is 352 g/mol. The molecule has 0 saturated heterocycles. The van der Waals surface area contributed by atoms with Gasteiger partial charge in [-0.2, -0.15) is 11.8 Å². The molecule has 0 bridgehead atoms. The third kappa shape index (κ3) is 6.92. The fraction of sp³-hybridized carbons (Fsp3) is 0.400. The Balaban J connectivity index is 1.53. The van der Waals surface area contributed by atoms with Crippen molar-refractivity contribution in [3.63, 3.8) is 0 Å². The van der Waals surface area contributed by atoms with E-state index in [0.717, 1.165) is 42.3 Å². The Bertz CT molecular complexity index is 602. The van der Waals surface area contributed by atoms with Gasteiger partial charge in [0.2, 0.25) is 0 Å². The van der Waals surface area contributed by atoms with Crippen LogP contribution in [0.25, 0.3) is 0 Å². The maximum atomic E-state index is 6.06. The Hall–Kier alpha value is -1.73. The lowest BCUT2D eigenvalue weighted by molar-refractivity contribution is 0.806. The Kier molecular flexibility index (Phi) is 7.75. The number of aryl methyl sites for hydroxylation is 1. The predicted octanol–water partition coefficient (Wildman–Crippen LogP) is 2.23. The van der Waals surface area contributed by atoms with E-state index in [1.54, 1.807) is 24.3 Å². The second-order valence-corrected chi connectivity index (χ2v) is 6.37. The zero-order chi connectivity index (χ0) is 16.3. The van der Waals surface area contributed by atoms with Gasteiger partial charge in [0.15, 0.2) is 5.96 Å². The Morgan fingerprint density at radius 2 is 2.39 bits per heavy atom. The number of aromatic nitrogens is 3. The number of rotatable bonds is 9. The minimum atomic E-state index is 0.492. The smallest absolute Gasteiger partial charge is 0.188 e. The molecule has 0 aliphatic rings. The fourth-order valence-electron chi connectivity index (χ4n) is 1.89. The predicted molar refractivity (Wildman–Crippen MR) is 96.8 cm³/mol. The summed E-state index contributed by atoms with van der Waals surface area (Å²) in [6.45, 7) is 1.47. The third-order valence-corrected chi connectivity index (χ3v) is 4.38. The van der Waals surface area contributed by atoms with E-state index >= 15 is 0 Å². The summed E-state index contributed by atoms with van der Waals surface area (Å²) in [5.41, 5.74) is 7.86. The average Bonchev–Trinajstić information content (AvgIpc) is 3.06. The molecule has 0 aromatic carbocycles. The molecule has 23 heavy (non-hydrogen) atoms. The van der Waals surface area contributed by atoms with Gasteiger partial charge in [0.05, 0.1) is 17.0 Å². The third-order valence-electron chi connectivity index (χ3n) is 3.07. The van der Waals surface area contributed by atoms with Gasteiger partial charge in [-0.15, -0.1) is 0 Å². The van der Waals surface area contributed by atoms with Gasteiger partial charge < -0.3 is 16.0 Å². The Morgan fingerprint density at radius 3 is 3.17 bits per heavy atom. The quantitative estimate of drug-likeness (QED) is 0.365. The molecule has 124 valence electrons. The molecule has 2 aromatic heterocycles. The highest BCUT2D eigenvalue weighted by Gasteiger charge is 2.00. The van der Waals surface area contributed by atoms with E-state index in [1.807, 2.05) is 18.3 Å². The summed E-state index contributed by atoms with van der Waals surface area (Å²) in [6, 6.07) is 3.69. The number of hydrogen-bond donors (Lipinski definition) is 3. The minimum absolute atomic E-state index is 0.492. The van der Waals surface area contributed by atoms with Crippen molar-refractivity contribution in [2.45, 2.75) is 18.6 Å². The van der Waals surface area contributed by atoms with Crippen LogP contribution in [0.15, 0.2) is 35.8 Å². The minimum Gasteiger partial charge on any atom is -0.370 e. The number of guanidine groups is 1. The Morgan fingerprint density at radius 1 is 1.48 bits per heavy atom. The van der Waals surface area contributed by atoms with Gasteiger partial charge in [-0.3, -0.25) is 9.98 Å². The van der Waals surface area contributed by atoms with Crippen LogP contribution in [0.4, 0.5) is 0 Å². The van der Waals surface area contributed by atoms with Crippen molar-refractivity contribution in [3.8, 4) is 0 Å². The lowest BCUT2D eigenvalue weighted by atomic mass is 10.2. The molecule has 2 heterocycles. The van der Waals surface area contributed by atoms with Crippen LogP contribution in [0.5, 0.6) is 0 Å². The van der Waals surface area contributed by atoms with Crippen molar-refractivity contribution in [3.05, 3.63) is 47.3 Å². The molecule has 0 radical (unpaired) electrons. The summed E-state index contributed by atoms with van der Waals surface area (Å²) in [4.78, 5) is 15.6. The molecular weight excluding hydrogens is 332 g/mol. The number of thioether (sulfide) groups is 1. The van der Waals surface area contributed by atoms with E-state index in [0.29, 0.717) is 17.5 Å². The van der Waals surface area contributed by atoms with Crippen LogP contribution < -0.4 is 11.1 Å². The van der Waals surface area contributed by atoms with Crippen molar-refractivity contribution < 1.29 is 0 Å². The maximum Gasteiger partial charge on any atom is 0.188 e. The largest absolute Gasteiger partial charge is 0.370 e. The van der Waals surface area contributed by atoms with Crippen LogP contribution >= 0.6 is 23.4 Å². The highest BCUT2D eigenvalue weighted by atomic mass is 35.5. The molecule has 0 aliphatic carbocycles. The summed E-state index contributed by atoms with van der Waals surface area (Å²) >= 11 is 7.82. The number of H-pyrrole nitrogens is 1. The first-order chi connectivity index (χ1) is 11.3. The van der Waals surface area contributed by atoms with Crippen molar-refractivity contribution in [1.82, 2.24) is 20.3 Å². The average molecular weight is 353 g/mol. The van der Waals surface area contributed by atoms with E-state index in [9.17, 15) is 0 Å². The van der Waals surface area contributed by atoms with Gasteiger partial charge in [-0.1, -0.05) is 11.6 Å². The first-order valence-electron chi connectivity index (χ1n) is 7.44. The highest BCUT2D eigenvalue weighted by Crippen LogP contribution is 2.17. The molecule has 0 atom stereocenters. The summed E-state index contributed by atoms with van der Waals surface area (Å²) in [6.07, 6.45) is 7.14. The number of halogens is 1.